The highest BCUT2D eigenvalue weighted by Gasteiger charge is 2.28. The maximum absolute atomic E-state index is 11.1. The largest absolute Gasteiger partial charge is 0.481 e. The van der Waals surface area contributed by atoms with Crippen LogP contribution in [0.2, 0.25) is 0 Å². The Balaban J connectivity index is 2.18. The van der Waals surface area contributed by atoms with E-state index in [1.807, 2.05) is 10.8 Å². The van der Waals surface area contributed by atoms with Gasteiger partial charge in [0.1, 0.15) is 11.7 Å². The normalized spacial score (nSPS) is 18.5. The summed E-state index contributed by atoms with van der Waals surface area (Å²) in [5.41, 5.74) is 0.711. The number of fused-ring (bicyclic) bond motifs is 1. The number of aliphatic carboxylic acids is 1. The van der Waals surface area contributed by atoms with E-state index in [9.17, 15) is 9.59 Å². The number of hydrogen-bond donors (Lipinski definition) is 2. The molecule has 2 N–H and O–H groups in total. The lowest BCUT2D eigenvalue weighted by atomic mass is 9.99. The highest BCUT2D eigenvalue weighted by Crippen LogP contribution is 2.26. The van der Waals surface area contributed by atoms with Gasteiger partial charge in [0.25, 0.3) is 0 Å². The Hall–Kier alpha value is -1.85. The van der Waals surface area contributed by atoms with Crippen LogP contribution in [-0.4, -0.2) is 26.5 Å². The van der Waals surface area contributed by atoms with Crippen LogP contribution in [0.25, 0.3) is 0 Å². The lowest BCUT2D eigenvalue weighted by Gasteiger charge is -2.19. The minimum atomic E-state index is -0.831. The molecule has 2 heterocycles. The van der Waals surface area contributed by atoms with Crippen molar-refractivity contribution in [3.63, 3.8) is 0 Å². The monoisotopic (exact) mass is 237 g/mol. The third-order valence-corrected chi connectivity index (χ3v) is 2.88. The fraction of sp³-hybridized carbons (Fsp3) is 0.545. The van der Waals surface area contributed by atoms with Gasteiger partial charge < -0.3 is 15.0 Å². The minimum absolute atomic E-state index is 0.120. The number of rotatable bonds is 3. The second-order valence-electron chi connectivity index (χ2n) is 4.23. The van der Waals surface area contributed by atoms with Crippen LogP contribution in [0.4, 0.5) is 0 Å². The summed E-state index contributed by atoms with van der Waals surface area (Å²) in [5.74, 6) is -0.868. The zero-order valence-corrected chi connectivity index (χ0v) is 9.64. The van der Waals surface area contributed by atoms with Crippen molar-refractivity contribution in [2.75, 3.05) is 0 Å². The number of carbonyl (C=O) groups excluding carboxylic acids is 1. The fourth-order valence-electron chi connectivity index (χ4n) is 2.07. The molecule has 0 saturated heterocycles. The summed E-state index contributed by atoms with van der Waals surface area (Å²) in [6.45, 7) is 2.59. The Morgan fingerprint density at radius 2 is 2.41 bits per heavy atom. The van der Waals surface area contributed by atoms with E-state index in [4.69, 9.17) is 5.11 Å². The molecule has 0 aromatic carbocycles. The van der Waals surface area contributed by atoms with E-state index in [1.165, 1.54) is 6.92 Å². The van der Waals surface area contributed by atoms with Crippen LogP contribution >= 0.6 is 0 Å². The standard InChI is InChI=1S/C11H15N3O3/c1-7(15)12-5-8-6-14-4-2-3-9(11(16)17)10(14)13-8/h6,9H,2-5H2,1H3,(H,12,15)(H,16,17). The second-order valence-corrected chi connectivity index (χ2v) is 4.23. The molecule has 6 heteroatoms. The summed E-state index contributed by atoms with van der Waals surface area (Å²) in [4.78, 5) is 26.2. The molecule has 0 saturated carbocycles. The fourth-order valence-corrected chi connectivity index (χ4v) is 2.07. The number of carbonyl (C=O) groups is 2. The predicted octanol–water partition coefficient (Wildman–Crippen LogP) is 0.481. The van der Waals surface area contributed by atoms with Gasteiger partial charge in [-0.15, -0.1) is 0 Å². The van der Waals surface area contributed by atoms with Crippen LogP contribution in [0.1, 0.15) is 37.2 Å². The summed E-state index contributed by atoms with van der Waals surface area (Å²) < 4.78 is 1.87. The van der Waals surface area contributed by atoms with E-state index in [2.05, 4.69) is 10.3 Å². The van der Waals surface area contributed by atoms with Gasteiger partial charge >= 0.3 is 5.97 Å². The molecule has 1 unspecified atom stereocenters. The van der Waals surface area contributed by atoms with Crippen LogP contribution in [-0.2, 0) is 22.7 Å². The molecule has 1 atom stereocenters. The van der Waals surface area contributed by atoms with Crippen molar-refractivity contribution in [3.8, 4) is 0 Å². The molecule has 0 radical (unpaired) electrons. The highest BCUT2D eigenvalue weighted by molar-refractivity contribution is 5.75. The predicted molar refractivity (Wildman–Crippen MR) is 59.4 cm³/mol. The average Bonchev–Trinajstić information content (AvgIpc) is 2.68. The van der Waals surface area contributed by atoms with E-state index in [-0.39, 0.29) is 5.91 Å². The van der Waals surface area contributed by atoms with Crippen LogP contribution in [0, 0.1) is 0 Å². The number of aryl methyl sites for hydroxylation is 1. The molecule has 6 nitrogen and oxygen atoms in total. The summed E-state index contributed by atoms with van der Waals surface area (Å²) in [5, 5.41) is 11.7. The summed E-state index contributed by atoms with van der Waals surface area (Å²) in [7, 11) is 0. The lowest BCUT2D eigenvalue weighted by Crippen LogP contribution is -2.22. The molecule has 0 spiro atoms. The lowest BCUT2D eigenvalue weighted by molar-refractivity contribution is -0.139. The van der Waals surface area contributed by atoms with Crippen LogP contribution < -0.4 is 5.32 Å². The van der Waals surface area contributed by atoms with Gasteiger partial charge in [-0.05, 0) is 12.8 Å². The first-order valence-corrected chi connectivity index (χ1v) is 5.61. The zero-order chi connectivity index (χ0) is 12.4. The van der Waals surface area contributed by atoms with E-state index >= 15 is 0 Å². The SMILES string of the molecule is CC(=O)NCc1cn2c(n1)C(C(=O)O)CCC2. The molecule has 1 aliphatic heterocycles. The van der Waals surface area contributed by atoms with Gasteiger partial charge in [0, 0.05) is 19.7 Å². The van der Waals surface area contributed by atoms with Crippen LogP contribution in [0.15, 0.2) is 6.20 Å². The van der Waals surface area contributed by atoms with Gasteiger partial charge in [-0.1, -0.05) is 0 Å². The van der Waals surface area contributed by atoms with Crippen molar-refractivity contribution in [3.05, 3.63) is 17.7 Å². The topological polar surface area (TPSA) is 84.2 Å². The number of carboxylic acid groups (broad SMARTS) is 1. The quantitative estimate of drug-likeness (QED) is 0.800. The maximum Gasteiger partial charge on any atom is 0.314 e. The summed E-state index contributed by atoms with van der Waals surface area (Å²) >= 11 is 0. The Labute approximate surface area is 98.7 Å². The first-order valence-electron chi connectivity index (χ1n) is 5.61. The van der Waals surface area contributed by atoms with Crippen molar-refractivity contribution in [2.45, 2.75) is 38.8 Å². The summed E-state index contributed by atoms with van der Waals surface area (Å²) in [6.07, 6.45) is 3.30. The smallest absolute Gasteiger partial charge is 0.314 e. The highest BCUT2D eigenvalue weighted by atomic mass is 16.4. The molecular formula is C11H15N3O3. The molecule has 2 rings (SSSR count). The van der Waals surface area contributed by atoms with Gasteiger partial charge in [-0.25, -0.2) is 4.98 Å². The van der Waals surface area contributed by atoms with Gasteiger partial charge in [-0.2, -0.15) is 0 Å². The number of amides is 1. The Kier molecular flexibility index (Phi) is 3.12. The zero-order valence-electron chi connectivity index (χ0n) is 9.64. The molecule has 1 aromatic heterocycles. The Bertz CT molecular complexity index is 453. The Morgan fingerprint density at radius 3 is 3.06 bits per heavy atom. The van der Waals surface area contributed by atoms with Crippen molar-refractivity contribution >= 4 is 11.9 Å². The number of imidazole rings is 1. The van der Waals surface area contributed by atoms with E-state index in [0.29, 0.717) is 24.5 Å². The molecule has 0 aliphatic carbocycles. The molecule has 0 fully saturated rings. The van der Waals surface area contributed by atoms with Crippen molar-refractivity contribution in [1.29, 1.82) is 0 Å². The number of nitrogens with zero attached hydrogens (tertiary/aromatic N) is 2. The van der Waals surface area contributed by atoms with E-state index in [0.717, 1.165) is 13.0 Å². The van der Waals surface area contributed by atoms with Gasteiger partial charge in [-0.3, -0.25) is 9.59 Å². The summed E-state index contributed by atoms with van der Waals surface area (Å²) in [6, 6.07) is 0. The minimum Gasteiger partial charge on any atom is -0.481 e. The number of hydrogen-bond acceptors (Lipinski definition) is 3. The molecular weight excluding hydrogens is 222 g/mol. The molecule has 1 amide bonds. The second kappa shape index (κ2) is 4.57. The molecule has 92 valence electrons. The molecule has 0 bridgehead atoms. The van der Waals surface area contributed by atoms with Crippen molar-refractivity contribution in [2.24, 2.45) is 0 Å². The number of carboxylic acids is 1. The van der Waals surface area contributed by atoms with Gasteiger partial charge in [0.2, 0.25) is 5.91 Å². The third-order valence-electron chi connectivity index (χ3n) is 2.88. The van der Waals surface area contributed by atoms with E-state index in [1.54, 1.807) is 0 Å². The maximum atomic E-state index is 11.1. The van der Waals surface area contributed by atoms with Crippen molar-refractivity contribution < 1.29 is 14.7 Å². The molecule has 1 aliphatic rings. The van der Waals surface area contributed by atoms with Gasteiger partial charge in [0.15, 0.2) is 0 Å². The Morgan fingerprint density at radius 1 is 1.65 bits per heavy atom. The van der Waals surface area contributed by atoms with Gasteiger partial charge in [0.05, 0.1) is 12.2 Å². The molecule has 1 aromatic rings. The third kappa shape index (κ3) is 2.46. The molecule has 17 heavy (non-hydrogen) atoms. The van der Waals surface area contributed by atoms with Crippen LogP contribution in [0.5, 0.6) is 0 Å². The first kappa shape index (κ1) is 11.6. The van der Waals surface area contributed by atoms with E-state index < -0.39 is 11.9 Å². The van der Waals surface area contributed by atoms with Crippen molar-refractivity contribution in [1.82, 2.24) is 14.9 Å². The number of aromatic nitrogens is 2. The van der Waals surface area contributed by atoms with Crippen LogP contribution in [0.3, 0.4) is 0 Å². The average molecular weight is 237 g/mol. The first-order chi connectivity index (χ1) is 8.08. The number of nitrogens with one attached hydrogen (secondary N) is 1.